The molecule has 0 aliphatic carbocycles. The Morgan fingerprint density at radius 2 is 2.04 bits per heavy atom. The summed E-state index contributed by atoms with van der Waals surface area (Å²) in [6.07, 6.45) is 1.79. The lowest BCUT2D eigenvalue weighted by atomic mass is 10.2. The number of aromatic nitrogens is 2. The van der Waals surface area contributed by atoms with Gasteiger partial charge in [0.25, 0.3) is 5.56 Å². The first kappa shape index (κ1) is 19.1. The Labute approximate surface area is 161 Å². The highest BCUT2D eigenvalue weighted by Gasteiger charge is 2.08. The average molecular weight is 380 g/mol. The average Bonchev–Trinajstić information content (AvgIpc) is 2.72. The van der Waals surface area contributed by atoms with E-state index in [2.05, 4.69) is 20.5 Å². The zero-order valence-corrected chi connectivity index (χ0v) is 15.6. The van der Waals surface area contributed by atoms with E-state index in [1.54, 1.807) is 44.6 Å². The lowest BCUT2D eigenvalue weighted by Crippen LogP contribution is -2.21. The fourth-order valence-corrected chi connectivity index (χ4v) is 2.62. The van der Waals surface area contributed by atoms with Gasteiger partial charge in [0.2, 0.25) is 5.91 Å². The van der Waals surface area contributed by atoms with E-state index in [0.717, 1.165) is 0 Å². The molecule has 3 aromatic rings. The van der Waals surface area contributed by atoms with Gasteiger partial charge in [0.05, 0.1) is 31.5 Å². The summed E-state index contributed by atoms with van der Waals surface area (Å²) in [7, 11) is 3.11. The van der Waals surface area contributed by atoms with Crippen LogP contribution in [0.15, 0.2) is 52.4 Å². The Kier molecular flexibility index (Phi) is 6.01. The molecule has 0 spiro atoms. The Balaban J connectivity index is 1.60. The summed E-state index contributed by atoms with van der Waals surface area (Å²) < 4.78 is 10.4. The molecule has 28 heavy (non-hydrogen) atoms. The van der Waals surface area contributed by atoms with Crippen LogP contribution < -0.4 is 20.5 Å². The first-order chi connectivity index (χ1) is 13.6. The van der Waals surface area contributed by atoms with Crippen molar-refractivity contribution in [2.75, 3.05) is 14.2 Å². The van der Waals surface area contributed by atoms with Crippen LogP contribution in [0, 0.1) is 0 Å². The van der Waals surface area contributed by atoms with Crippen LogP contribution in [0.2, 0.25) is 0 Å². The third-order valence-corrected chi connectivity index (χ3v) is 4.09. The van der Waals surface area contributed by atoms with Crippen LogP contribution in [0.4, 0.5) is 0 Å². The van der Waals surface area contributed by atoms with Crippen molar-refractivity contribution in [3.63, 3.8) is 0 Å². The van der Waals surface area contributed by atoms with E-state index in [0.29, 0.717) is 33.8 Å². The van der Waals surface area contributed by atoms with Crippen LogP contribution in [-0.2, 0) is 11.2 Å². The lowest BCUT2D eigenvalue weighted by molar-refractivity contribution is -0.121. The predicted octanol–water partition coefficient (Wildman–Crippen LogP) is 2.02. The molecular formula is C20H20N4O4. The molecule has 0 saturated carbocycles. The molecule has 1 aromatic heterocycles. The summed E-state index contributed by atoms with van der Waals surface area (Å²) >= 11 is 0. The highest BCUT2D eigenvalue weighted by Crippen LogP contribution is 2.22. The van der Waals surface area contributed by atoms with E-state index in [9.17, 15) is 9.59 Å². The van der Waals surface area contributed by atoms with Gasteiger partial charge in [-0.3, -0.25) is 9.59 Å². The molecule has 0 radical (unpaired) electrons. The minimum Gasteiger partial charge on any atom is -0.497 e. The summed E-state index contributed by atoms with van der Waals surface area (Å²) in [5.74, 6) is 0.911. The van der Waals surface area contributed by atoms with E-state index >= 15 is 0 Å². The maximum absolute atomic E-state index is 12.1. The molecule has 1 heterocycles. The number of rotatable bonds is 7. The number of nitrogens with zero attached hydrogens (tertiary/aromatic N) is 2. The number of H-pyrrole nitrogens is 1. The Morgan fingerprint density at radius 1 is 1.21 bits per heavy atom. The number of aryl methyl sites for hydroxylation is 1. The maximum atomic E-state index is 12.1. The van der Waals surface area contributed by atoms with Gasteiger partial charge >= 0.3 is 0 Å². The van der Waals surface area contributed by atoms with Crippen molar-refractivity contribution in [3.8, 4) is 11.5 Å². The molecule has 0 unspecified atom stereocenters. The number of benzene rings is 2. The summed E-state index contributed by atoms with van der Waals surface area (Å²) in [5.41, 5.74) is 4.50. The molecule has 0 aliphatic heterocycles. The Hall–Kier alpha value is -3.68. The molecule has 0 fully saturated rings. The summed E-state index contributed by atoms with van der Waals surface area (Å²) in [4.78, 5) is 31.2. The highest BCUT2D eigenvalue weighted by molar-refractivity contribution is 5.85. The quantitative estimate of drug-likeness (QED) is 0.482. The standard InChI is InChI=1S/C20H20N4O4/c1-27-14-8-7-13(18(11-14)28-2)12-21-24-19(25)10-9-17-20(26)23-16-6-4-3-5-15(16)22-17/h3-8,11-12H,9-10H2,1-2H3,(H,23,26)(H,24,25)/b21-12-. The number of aromatic amines is 1. The van der Waals surface area contributed by atoms with Gasteiger partial charge in [-0.05, 0) is 24.3 Å². The molecular weight excluding hydrogens is 360 g/mol. The summed E-state index contributed by atoms with van der Waals surface area (Å²) in [6, 6.07) is 12.5. The zero-order chi connectivity index (χ0) is 19.9. The molecule has 1 amide bonds. The zero-order valence-electron chi connectivity index (χ0n) is 15.6. The van der Waals surface area contributed by atoms with E-state index in [1.807, 2.05) is 12.1 Å². The second-order valence-corrected chi connectivity index (χ2v) is 5.93. The number of para-hydroxylation sites is 2. The van der Waals surface area contributed by atoms with Crippen molar-refractivity contribution in [2.45, 2.75) is 12.8 Å². The number of ether oxygens (including phenoxy) is 2. The normalized spacial score (nSPS) is 10.9. The number of hydrogen-bond donors (Lipinski definition) is 2. The number of fused-ring (bicyclic) bond motifs is 1. The number of amides is 1. The number of carbonyl (C=O) groups excluding carboxylic acids is 1. The van der Waals surface area contributed by atoms with E-state index < -0.39 is 0 Å². The molecule has 0 bridgehead atoms. The molecule has 8 nitrogen and oxygen atoms in total. The lowest BCUT2D eigenvalue weighted by Gasteiger charge is -2.07. The van der Waals surface area contributed by atoms with Crippen LogP contribution in [0.3, 0.4) is 0 Å². The van der Waals surface area contributed by atoms with Gasteiger partial charge < -0.3 is 14.5 Å². The number of carbonyl (C=O) groups is 1. The molecule has 3 rings (SSSR count). The van der Waals surface area contributed by atoms with Gasteiger partial charge in [-0.1, -0.05) is 12.1 Å². The van der Waals surface area contributed by atoms with Crippen LogP contribution in [0.1, 0.15) is 17.7 Å². The third kappa shape index (κ3) is 4.53. The summed E-state index contributed by atoms with van der Waals surface area (Å²) in [5, 5.41) is 3.94. The second kappa shape index (κ2) is 8.81. The van der Waals surface area contributed by atoms with Crippen molar-refractivity contribution in [1.29, 1.82) is 0 Å². The Bertz CT molecular complexity index is 1080. The predicted molar refractivity (Wildman–Crippen MR) is 106 cm³/mol. The molecule has 2 N–H and O–H groups in total. The maximum Gasteiger partial charge on any atom is 0.270 e. The smallest absolute Gasteiger partial charge is 0.270 e. The first-order valence-corrected chi connectivity index (χ1v) is 8.62. The van der Waals surface area contributed by atoms with Crippen LogP contribution in [0.5, 0.6) is 11.5 Å². The fraction of sp³-hybridized carbons (Fsp3) is 0.200. The minimum absolute atomic E-state index is 0.0888. The molecule has 0 aliphatic rings. The number of hydrazone groups is 1. The molecule has 2 aromatic carbocycles. The van der Waals surface area contributed by atoms with Crippen molar-refractivity contribution < 1.29 is 14.3 Å². The van der Waals surface area contributed by atoms with Gasteiger partial charge in [0.1, 0.15) is 17.2 Å². The highest BCUT2D eigenvalue weighted by atomic mass is 16.5. The van der Waals surface area contributed by atoms with Gasteiger partial charge in [0.15, 0.2) is 0 Å². The first-order valence-electron chi connectivity index (χ1n) is 8.62. The molecule has 144 valence electrons. The second-order valence-electron chi connectivity index (χ2n) is 5.93. The van der Waals surface area contributed by atoms with Gasteiger partial charge in [0, 0.05) is 24.5 Å². The van der Waals surface area contributed by atoms with Crippen molar-refractivity contribution in [1.82, 2.24) is 15.4 Å². The Morgan fingerprint density at radius 3 is 2.82 bits per heavy atom. The molecule has 8 heteroatoms. The topological polar surface area (TPSA) is 106 Å². The van der Waals surface area contributed by atoms with Gasteiger partial charge in [-0.2, -0.15) is 5.10 Å². The van der Waals surface area contributed by atoms with Crippen molar-refractivity contribution in [2.24, 2.45) is 5.10 Å². The van der Waals surface area contributed by atoms with E-state index in [-0.39, 0.29) is 24.3 Å². The minimum atomic E-state index is -0.321. The van der Waals surface area contributed by atoms with Gasteiger partial charge in [-0.25, -0.2) is 10.4 Å². The fourth-order valence-electron chi connectivity index (χ4n) is 2.62. The van der Waals surface area contributed by atoms with Crippen LogP contribution in [0.25, 0.3) is 11.0 Å². The van der Waals surface area contributed by atoms with Gasteiger partial charge in [-0.15, -0.1) is 0 Å². The SMILES string of the molecule is COc1ccc(/C=N\NC(=O)CCc2nc3ccccc3[nH]c2=O)c(OC)c1. The van der Waals surface area contributed by atoms with E-state index in [4.69, 9.17) is 9.47 Å². The van der Waals surface area contributed by atoms with Crippen LogP contribution >= 0.6 is 0 Å². The number of methoxy groups -OCH3 is 2. The van der Waals surface area contributed by atoms with Crippen molar-refractivity contribution >= 4 is 23.2 Å². The molecule has 0 atom stereocenters. The van der Waals surface area contributed by atoms with E-state index in [1.165, 1.54) is 6.21 Å². The number of hydrogen-bond acceptors (Lipinski definition) is 6. The largest absolute Gasteiger partial charge is 0.497 e. The monoisotopic (exact) mass is 380 g/mol. The van der Waals surface area contributed by atoms with Crippen LogP contribution in [-0.4, -0.2) is 36.3 Å². The summed E-state index contributed by atoms with van der Waals surface area (Å²) in [6.45, 7) is 0. The number of nitrogens with one attached hydrogen (secondary N) is 2. The molecule has 0 saturated heterocycles. The third-order valence-electron chi connectivity index (χ3n) is 4.09. The van der Waals surface area contributed by atoms with Crippen molar-refractivity contribution in [3.05, 3.63) is 64.1 Å².